The predicted octanol–water partition coefficient (Wildman–Crippen LogP) is 1.57. The minimum atomic E-state index is -0.455. The Morgan fingerprint density at radius 3 is 2.67 bits per heavy atom. The zero-order chi connectivity index (χ0) is 15.2. The summed E-state index contributed by atoms with van der Waals surface area (Å²) in [6.07, 6.45) is 4.71. The Morgan fingerprint density at radius 2 is 2.05 bits per heavy atom. The van der Waals surface area contributed by atoms with Crippen LogP contribution in [0.2, 0.25) is 0 Å². The Labute approximate surface area is 124 Å². The molecule has 1 aliphatic rings. The zero-order valence-electron chi connectivity index (χ0n) is 12.5. The van der Waals surface area contributed by atoms with Gasteiger partial charge in [0.1, 0.15) is 6.33 Å². The van der Waals surface area contributed by atoms with Gasteiger partial charge in [0.15, 0.2) is 0 Å². The van der Waals surface area contributed by atoms with Gasteiger partial charge in [0, 0.05) is 13.6 Å². The predicted molar refractivity (Wildman–Crippen MR) is 81.6 cm³/mol. The van der Waals surface area contributed by atoms with E-state index in [-0.39, 0.29) is 17.3 Å². The first-order valence-corrected chi connectivity index (χ1v) is 7.21. The van der Waals surface area contributed by atoms with Crippen molar-refractivity contribution in [2.24, 2.45) is 5.92 Å². The first-order chi connectivity index (χ1) is 10.1. The third-order valence-electron chi connectivity index (χ3n) is 3.92. The molecule has 1 aliphatic heterocycles. The third kappa shape index (κ3) is 4.01. The van der Waals surface area contributed by atoms with Crippen molar-refractivity contribution in [1.29, 1.82) is 0 Å². The number of aromatic nitrogens is 2. The lowest BCUT2D eigenvalue weighted by atomic mass is 9.94. The summed E-state index contributed by atoms with van der Waals surface area (Å²) in [4.78, 5) is 20.9. The van der Waals surface area contributed by atoms with Crippen molar-refractivity contribution < 1.29 is 4.92 Å². The molecular formula is C13H22N6O2. The van der Waals surface area contributed by atoms with Gasteiger partial charge in [-0.25, -0.2) is 9.97 Å². The van der Waals surface area contributed by atoms with Crippen LogP contribution in [0.3, 0.4) is 0 Å². The number of likely N-dealkylation sites (tertiary alicyclic amines) is 1. The van der Waals surface area contributed by atoms with E-state index in [9.17, 15) is 10.1 Å². The Balaban J connectivity index is 1.92. The van der Waals surface area contributed by atoms with Crippen molar-refractivity contribution in [1.82, 2.24) is 14.9 Å². The van der Waals surface area contributed by atoms with E-state index in [0.717, 1.165) is 19.5 Å². The van der Waals surface area contributed by atoms with Crippen LogP contribution < -0.4 is 10.6 Å². The zero-order valence-corrected chi connectivity index (χ0v) is 12.5. The molecule has 0 aliphatic carbocycles. The van der Waals surface area contributed by atoms with Crippen molar-refractivity contribution in [2.45, 2.75) is 19.3 Å². The fraction of sp³-hybridized carbons (Fsp3) is 0.692. The van der Waals surface area contributed by atoms with Crippen LogP contribution in [0.15, 0.2) is 6.33 Å². The second-order valence-electron chi connectivity index (χ2n) is 5.39. The number of piperidine rings is 1. The average Bonchev–Trinajstić information content (AvgIpc) is 2.48. The number of nitrogens with zero attached hydrogens (tertiary/aromatic N) is 4. The van der Waals surface area contributed by atoms with E-state index in [0.29, 0.717) is 12.5 Å². The molecule has 2 rings (SSSR count). The summed E-state index contributed by atoms with van der Waals surface area (Å²) in [6.45, 7) is 2.94. The molecular weight excluding hydrogens is 272 g/mol. The summed E-state index contributed by atoms with van der Waals surface area (Å²) < 4.78 is 0. The van der Waals surface area contributed by atoms with Gasteiger partial charge in [-0.3, -0.25) is 10.1 Å². The maximum Gasteiger partial charge on any atom is 0.353 e. The normalized spacial score (nSPS) is 16.7. The minimum Gasteiger partial charge on any atom is -0.367 e. The smallest absolute Gasteiger partial charge is 0.353 e. The van der Waals surface area contributed by atoms with Gasteiger partial charge in [-0.15, -0.1) is 0 Å². The highest BCUT2D eigenvalue weighted by Crippen LogP contribution is 2.28. The average molecular weight is 294 g/mol. The van der Waals surface area contributed by atoms with E-state index in [1.54, 1.807) is 7.05 Å². The molecule has 116 valence electrons. The van der Waals surface area contributed by atoms with Gasteiger partial charge < -0.3 is 15.5 Å². The van der Waals surface area contributed by atoms with Crippen LogP contribution in [-0.4, -0.2) is 53.5 Å². The van der Waals surface area contributed by atoms with E-state index in [2.05, 4.69) is 32.5 Å². The molecule has 8 heteroatoms. The molecule has 0 radical (unpaired) electrons. The van der Waals surface area contributed by atoms with Gasteiger partial charge in [-0.2, -0.15) is 0 Å². The lowest BCUT2D eigenvalue weighted by Gasteiger charge is -2.28. The Morgan fingerprint density at radius 1 is 1.38 bits per heavy atom. The molecule has 2 N–H and O–H groups in total. The van der Waals surface area contributed by atoms with Crippen molar-refractivity contribution in [3.63, 3.8) is 0 Å². The molecule has 0 saturated carbocycles. The first kappa shape index (κ1) is 15.4. The topological polar surface area (TPSA) is 96.2 Å². The van der Waals surface area contributed by atoms with Crippen LogP contribution in [0.1, 0.15) is 19.3 Å². The standard InChI is InChI=1S/C13H22N6O2/c1-14-12-11(19(20)21)13(17-9-16-12)15-6-3-10-4-7-18(2)8-5-10/h9-10H,3-8H2,1-2H3,(H2,14,15,16,17). The second kappa shape index (κ2) is 7.16. The van der Waals surface area contributed by atoms with Crippen LogP contribution in [0.4, 0.5) is 17.3 Å². The molecule has 1 aromatic heterocycles. The second-order valence-corrected chi connectivity index (χ2v) is 5.39. The van der Waals surface area contributed by atoms with Crippen molar-refractivity contribution in [3.8, 4) is 0 Å². The van der Waals surface area contributed by atoms with Gasteiger partial charge in [-0.05, 0) is 45.3 Å². The Bertz CT molecular complexity index is 488. The van der Waals surface area contributed by atoms with Crippen molar-refractivity contribution >= 4 is 17.3 Å². The molecule has 2 heterocycles. The van der Waals surface area contributed by atoms with Gasteiger partial charge in [0.05, 0.1) is 4.92 Å². The summed E-state index contributed by atoms with van der Waals surface area (Å²) in [5.41, 5.74) is -0.0941. The summed E-state index contributed by atoms with van der Waals surface area (Å²) in [6, 6.07) is 0. The fourth-order valence-corrected chi connectivity index (χ4v) is 2.61. The van der Waals surface area contributed by atoms with Crippen LogP contribution in [-0.2, 0) is 0 Å². The van der Waals surface area contributed by atoms with Gasteiger partial charge in [0.25, 0.3) is 0 Å². The number of nitro groups is 1. The number of anilines is 2. The van der Waals surface area contributed by atoms with E-state index >= 15 is 0 Å². The summed E-state index contributed by atoms with van der Waals surface area (Å²) >= 11 is 0. The monoisotopic (exact) mass is 294 g/mol. The summed E-state index contributed by atoms with van der Waals surface area (Å²) in [7, 11) is 3.75. The van der Waals surface area contributed by atoms with Crippen LogP contribution in [0.25, 0.3) is 0 Å². The molecule has 0 bridgehead atoms. The quantitative estimate of drug-likeness (QED) is 0.607. The molecule has 0 atom stereocenters. The van der Waals surface area contributed by atoms with Crippen LogP contribution >= 0.6 is 0 Å². The highest BCUT2D eigenvalue weighted by Gasteiger charge is 2.22. The molecule has 0 unspecified atom stereocenters. The maximum atomic E-state index is 11.1. The molecule has 0 aromatic carbocycles. The van der Waals surface area contributed by atoms with Crippen molar-refractivity contribution in [2.75, 3.05) is 44.4 Å². The number of hydrogen-bond donors (Lipinski definition) is 2. The molecule has 1 aromatic rings. The van der Waals surface area contributed by atoms with Crippen LogP contribution in [0, 0.1) is 16.0 Å². The highest BCUT2D eigenvalue weighted by molar-refractivity contribution is 5.68. The summed E-state index contributed by atoms with van der Waals surface area (Å²) in [5, 5.41) is 16.9. The third-order valence-corrected chi connectivity index (χ3v) is 3.92. The Kier molecular flexibility index (Phi) is 5.26. The van der Waals surface area contributed by atoms with Crippen molar-refractivity contribution in [3.05, 3.63) is 16.4 Å². The van der Waals surface area contributed by atoms with Gasteiger partial charge in [-0.1, -0.05) is 0 Å². The minimum absolute atomic E-state index is 0.0941. The van der Waals surface area contributed by atoms with E-state index < -0.39 is 4.92 Å². The molecule has 1 saturated heterocycles. The highest BCUT2D eigenvalue weighted by atomic mass is 16.6. The fourth-order valence-electron chi connectivity index (χ4n) is 2.61. The number of rotatable bonds is 6. The van der Waals surface area contributed by atoms with E-state index in [4.69, 9.17) is 0 Å². The molecule has 0 amide bonds. The Hall–Kier alpha value is -1.96. The summed E-state index contributed by atoms with van der Waals surface area (Å²) in [5.74, 6) is 1.20. The van der Waals surface area contributed by atoms with E-state index in [1.165, 1.54) is 19.2 Å². The molecule has 0 spiro atoms. The number of nitrogens with one attached hydrogen (secondary N) is 2. The molecule has 8 nitrogen and oxygen atoms in total. The molecule has 1 fully saturated rings. The van der Waals surface area contributed by atoms with Gasteiger partial charge >= 0.3 is 5.69 Å². The van der Waals surface area contributed by atoms with E-state index in [1.807, 2.05) is 0 Å². The van der Waals surface area contributed by atoms with Gasteiger partial charge in [0.2, 0.25) is 11.6 Å². The SMILES string of the molecule is CNc1ncnc(NCCC2CCN(C)CC2)c1[N+](=O)[O-]. The first-order valence-electron chi connectivity index (χ1n) is 7.21. The van der Waals surface area contributed by atoms with Crippen LogP contribution in [0.5, 0.6) is 0 Å². The number of hydrogen-bond acceptors (Lipinski definition) is 7. The lowest BCUT2D eigenvalue weighted by Crippen LogP contribution is -2.30. The maximum absolute atomic E-state index is 11.1. The lowest BCUT2D eigenvalue weighted by molar-refractivity contribution is -0.383. The molecule has 21 heavy (non-hydrogen) atoms. The largest absolute Gasteiger partial charge is 0.367 e.